The van der Waals surface area contributed by atoms with Gasteiger partial charge in [-0.2, -0.15) is 0 Å². The molecule has 0 bridgehead atoms. The Morgan fingerprint density at radius 3 is 2.15 bits per heavy atom. The Labute approximate surface area is 164 Å². The highest BCUT2D eigenvalue weighted by Crippen LogP contribution is 2.31. The summed E-state index contributed by atoms with van der Waals surface area (Å²) >= 11 is 12.0. The van der Waals surface area contributed by atoms with Crippen LogP contribution in [0, 0.1) is 13.8 Å². The minimum absolute atomic E-state index is 0.441. The van der Waals surface area contributed by atoms with Crippen molar-refractivity contribution in [2.45, 2.75) is 33.1 Å². The first-order valence-electron chi connectivity index (χ1n) is 8.58. The summed E-state index contributed by atoms with van der Waals surface area (Å²) in [6, 6.07) is 14.0. The number of halogens is 2. The Morgan fingerprint density at radius 2 is 1.54 bits per heavy atom. The first kappa shape index (κ1) is 18.7. The van der Waals surface area contributed by atoms with Gasteiger partial charge in [0.05, 0.1) is 22.1 Å². The van der Waals surface area contributed by atoms with Gasteiger partial charge in [-0.25, -0.2) is 9.97 Å². The lowest BCUT2D eigenvalue weighted by Crippen LogP contribution is -2.02. The molecule has 0 saturated carbocycles. The van der Waals surface area contributed by atoms with E-state index in [0.717, 1.165) is 17.0 Å². The molecule has 5 heteroatoms. The number of rotatable bonds is 1. The topological polar surface area (TPSA) is 51.8 Å². The Morgan fingerprint density at radius 1 is 0.885 bits per heavy atom. The molecule has 0 atom stereocenters. The van der Waals surface area contributed by atoms with Crippen LogP contribution in [0.15, 0.2) is 42.5 Å². The Balaban J connectivity index is 0.000000181. The molecule has 2 aromatic carbocycles. The molecule has 3 nitrogen and oxygen atoms in total. The van der Waals surface area contributed by atoms with E-state index in [4.69, 9.17) is 28.9 Å². The zero-order chi connectivity index (χ0) is 18.7. The van der Waals surface area contributed by atoms with Crippen LogP contribution in [0.2, 0.25) is 10.0 Å². The SMILES string of the molecule is Cc1nc(-c2ccc(Cl)cc2Cl)c(C)nc1N.c1ccc2c(c1)CCC2. The van der Waals surface area contributed by atoms with E-state index in [1.54, 1.807) is 23.3 Å². The Bertz CT molecular complexity index is 916. The summed E-state index contributed by atoms with van der Waals surface area (Å²) in [6.07, 6.45) is 3.96. The number of hydrogen-bond acceptors (Lipinski definition) is 3. The highest BCUT2D eigenvalue weighted by Gasteiger charge is 2.11. The predicted octanol–water partition coefficient (Wildman–Crippen LogP) is 5.82. The molecule has 2 N–H and O–H groups in total. The normalized spacial score (nSPS) is 12.3. The lowest BCUT2D eigenvalue weighted by molar-refractivity contribution is 0.912. The molecule has 0 fully saturated rings. The van der Waals surface area contributed by atoms with Crippen molar-refractivity contribution in [3.05, 3.63) is 75.0 Å². The molecule has 26 heavy (non-hydrogen) atoms. The predicted molar refractivity (Wildman–Crippen MR) is 110 cm³/mol. The molecule has 0 amide bonds. The molecule has 134 valence electrons. The van der Waals surface area contributed by atoms with Gasteiger partial charge in [-0.15, -0.1) is 0 Å². The highest BCUT2D eigenvalue weighted by molar-refractivity contribution is 6.36. The standard InChI is InChI=1S/C12H11Cl2N3.C9H10/c1-6-11(16-7(2)12(15)17-6)9-4-3-8(13)5-10(9)14;1-2-5-9-7-3-6-8(9)4-1/h3-5H,1-2H3,(H2,15,17);1-2,4-5H,3,6-7H2. The van der Waals surface area contributed by atoms with E-state index in [9.17, 15) is 0 Å². The third-order valence-electron chi connectivity index (χ3n) is 4.48. The fourth-order valence-corrected chi connectivity index (χ4v) is 3.57. The van der Waals surface area contributed by atoms with Crippen LogP contribution in [0.4, 0.5) is 5.82 Å². The summed E-state index contributed by atoms with van der Waals surface area (Å²) in [5, 5.41) is 1.15. The van der Waals surface area contributed by atoms with Crippen LogP contribution in [-0.2, 0) is 12.8 Å². The quantitative estimate of drug-likeness (QED) is 0.573. The summed E-state index contributed by atoms with van der Waals surface area (Å²) in [5.41, 5.74) is 11.8. The second-order valence-electron chi connectivity index (χ2n) is 6.37. The van der Waals surface area contributed by atoms with E-state index < -0.39 is 0 Å². The van der Waals surface area contributed by atoms with Gasteiger partial charge in [0, 0.05) is 10.6 Å². The summed E-state index contributed by atoms with van der Waals surface area (Å²) in [7, 11) is 0. The first-order chi connectivity index (χ1) is 12.5. The number of nitrogens with zero attached hydrogens (tertiary/aromatic N) is 2. The Hall–Kier alpha value is -2.10. The zero-order valence-electron chi connectivity index (χ0n) is 14.9. The number of benzene rings is 2. The van der Waals surface area contributed by atoms with Gasteiger partial charge in [0.1, 0.15) is 5.82 Å². The zero-order valence-corrected chi connectivity index (χ0v) is 16.4. The molecule has 1 aliphatic carbocycles. The van der Waals surface area contributed by atoms with Crippen molar-refractivity contribution >= 4 is 29.0 Å². The number of aryl methyl sites for hydroxylation is 4. The molecule has 0 spiro atoms. The van der Waals surface area contributed by atoms with Crippen LogP contribution < -0.4 is 5.73 Å². The summed E-state index contributed by atoms with van der Waals surface area (Å²) < 4.78 is 0. The van der Waals surface area contributed by atoms with Gasteiger partial charge in [-0.1, -0.05) is 47.5 Å². The van der Waals surface area contributed by atoms with Crippen molar-refractivity contribution in [2.24, 2.45) is 0 Å². The van der Waals surface area contributed by atoms with E-state index in [1.165, 1.54) is 19.3 Å². The van der Waals surface area contributed by atoms with E-state index in [0.29, 0.717) is 21.6 Å². The molecular formula is C21H21Cl2N3. The second-order valence-corrected chi connectivity index (χ2v) is 7.22. The van der Waals surface area contributed by atoms with Crippen LogP contribution in [0.1, 0.15) is 28.9 Å². The van der Waals surface area contributed by atoms with Gasteiger partial charge in [0.15, 0.2) is 0 Å². The van der Waals surface area contributed by atoms with Crippen molar-refractivity contribution < 1.29 is 0 Å². The smallest absolute Gasteiger partial charge is 0.145 e. The fourth-order valence-electron chi connectivity index (χ4n) is 3.07. The number of nitrogen functional groups attached to an aromatic ring is 1. The number of hydrogen-bond donors (Lipinski definition) is 1. The summed E-state index contributed by atoms with van der Waals surface area (Å²) in [4.78, 5) is 8.65. The average molecular weight is 386 g/mol. The third kappa shape index (κ3) is 4.17. The molecule has 3 aromatic rings. The van der Waals surface area contributed by atoms with Gasteiger partial charge in [-0.05, 0) is 62.4 Å². The van der Waals surface area contributed by atoms with Crippen molar-refractivity contribution in [1.82, 2.24) is 9.97 Å². The van der Waals surface area contributed by atoms with Gasteiger partial charge < -0.3 is 5.73 Å². The number of nitrogens with two attached hydrogens (primary N) is 1. The van der Waals surface area contributed by atoms with Gasteiger partial charge in [-0.3, -0.25) is 0 Å². The van der Waals surface area contributed by atoms with Crippen molar-refractivity contribution in [1.29, 1.82) is 0 Å². The minimum Gasteiger partial charge on any atom is -0.382 e. The second kappa shape index (κ2) is 8.07. The van der Waals surface area contributed by atoms with Crippen LogP contribution in [0.3, 0.4) is 0 Å². The average Bonchev–Trinajstić information content (AvgIpc) is 3.08. The number of fused-ring (bicyclic) bond motifs is 1. The lowest BCUT2D eigenvalue weighted by Gasteiger charge is -2.09. The van der Waals surface area contributed by atoms with Crippen LogP contribution in [-0.4, -0.2) is 9.97 Å². The summed E-state index contributed by atoms with van der Waals surface area (Å²) in [6.45, 7) is 3.66. The molecule has 1 aromatic heterocycles. The lowest BCUT2D eigenvalue weighted by atomic mass is 10.1. The van der Waals surface area contributed by atoms with E-state index in [1.807, 2.05) is 19.9 Å². The largest absolute Gasteiger partial charge is 0.382 e. The molecule has 0 saturated heterocycles. The Kier molecular flexibility index (Phi) is 5.80. The molecule has 0 unspecified atom stereocenters. The maximum absolute atomic E-state index is 6.14. The van der Waals surface area contributed by atoms with E-state index in [2.05, 4.69) is 34.2 Å². The maximum atomic E-state index is 6.14. The molecule has 1 aliphatic rings. The third-order valence-corrected chi connectivity index (χ3v) is 5.03. The molecule has 0 aliphatic heterocycles. The molecule has 4 rings (SSSR count). The van der Waals surface area contributed by atoms with Crippen molar-refractivity contribution in [3.8, 4) is 11.3 Å². The van der Waals surface area contributed by atoms with Crippen molar-refractivity contribution in [2.75, 3.05) is 5.73 Å². The van der Waals surface area contributed by atoms with Gasteiger partial charge >= 0.3 is 0 Å². The van der Waals surface area contributed by atoms with Gasteiger partial charge in [0.25, 0.3) is 0 Å². The van der Waals surface area contributed by atoms with Crippen LogP contribution in [0.5, 0.6) is 0 Å². The van der Waals surface area contributed by atoms with Crippen molar-refractivity contribution in [3.63, 3.8) is 0 Å². The molecular weight excluding hydrogens is 365 g/mol. The number of anilines is 1. The van der Waals surface area contributed by atoms with Crippen LogP contribution in [0.25, 0.3) is 11.3 Å². The van der Waals surface area contributed by atoms with E-state index >= 15 is 0 Å². The highest BCUT2D eigenvalue weighted by atomic mass is 35.5. The minimum atomic E-state index is 0.441. The monoisotopic (exact) mass is 385 g/mol. The number of aromatic nitrogens is 2. The summed E-state index contributed by atoms with van der Waals surface area (Å²) in [5.74, 6) is 0.441. The van der Waals surface area contributed by atoms with E-state index in [-0.39, 0.29) is 0 Å². The maximum Gasteiger partial charge on any atom is 0.145 e. The van der Waals surface area contributed by atoms with Crippen LogP contribution >= 0.6 is 23.2 Å². The fraction of sp³-hybridized carbons (Fsp3) is 0.238. The first-order valence-corrected chi connectivity index (χ1v) is 9.34. The van der Waals surface area contributed by atoms with Gasteiger partial charge in [0.2, 0.25) is 0 Å². The molecule has 1 heterocycles. The molecule has 0 radical (unpaired) electrons.